The van der Waals surface area contributed by atoms with Crippen molar-refractivity contribution in [2.75, 3.05) is 13.2 Å². The largest absolute Gasteiger partial charge is 0.497 e. The van der Waals surface area contributed by atoms with E-state index in [-0.39, 0.29) is 0 Å². The number of hydrogen-bond donors (Lipinski definition) is 5. The van der Waals surface area contributed by atoms with Crippen LogP contribution in [0.1, 0.15) is 13.8 Å². The van der Waals surface area contributed by atoms with Crippen molar-refractivity contribution in [2.24, 2.45) is 0 Å². The molecule has 11 heteroatoms. The van der Waals surface area contributed by atoms with E-state index < -0.39 is 52.4 Å². The Morgan fingerprint density at radius 1 is 1.24 bits per heavy atom. The van der Waals surface area contributed by atoms with E-state index in [2.05, 4.69) is 0 Å². The first kappa shape index (κ1) is 22.0. The molecule has 0 aromatic heterocycles. The molecular formula is C14H24O10S. The predicted molar refractivity (Wildman–Crippen MR) is 84.7 cm³/mol. The predicted octanol–water partition coefficient (Wildman–Crippen LogP) is -1.49. The van der Waals surface area contributed by atoms with Gasteiger partial charge in [0, 0.05) is 0 Å². The molecule has 0 radical (unpaired) electrons. The van der Waals surface area contributed by atoms with Gasteiger partial charge in [0.15, 0.2) is 6.10 Å². The second-order valence-corrected chi connectivity index (χ2v) is 7.12. The number of allylic oxidation sites excluding steroid dienone is 2. The number of rotatable bonds is 4. The molecule has 0 unspecified atom stereocenters. The van der Waals surface area contributed by atoms with E-state index in [1.807, 2.05) is 18.2 Å². The quantitative estimate of drug-likeness (QED) is 0.361. The molecule has 0 aromatic rings. The molecule has 5 N–H and O–H groups in total. The maximum atomic E-state index is 11.4. The Kier molecular flexibility index (Phi) is 7.96. The molecule has 1 fully saturated rings. The van der Waals surface area contributed by atoms with Crippen molar-refractivity contribution in [3.63, 3.8) is 0 Å². The van der Waals surface area contributed by atoms with Gasteiger partial charge in [-0.15, -0.1) is 0 Å². The van der Waals surface area contributed by atoms with Crippen LogP contribution in [0.2, 0.25) is 0 Å². The molecule has 2 aliphatic heterocycles. The summed E-state index contributed by atoms with van der Waals surface area (Å²) in [5.41, 5.74) is 0. The second-order valence-electron chi connectivity index (χ2n) is 5.60. The van der Waals surface area contributed by atoms with Gasteiger partial charge in [-0.1, -0.05) is 6.08 Å². The van der Waals surface area contributed by atoms with Gasteiger partial charge in [0.1, 0.15) is 24.9 Å². The Labute approximate surface area is 145 Å². The Bertz CT molecular complexity index is 558. The first-order valence-corrected chi connectivity index (χ1v) is 8.91. The van der Waals surface area contributed by atoms with E-state index in [9.17, 15) is 28.3 Å². The fourth-order valence-corrected chi connectivity index (χ4v) is 3.16. The molecule has 0 saturated carbocycles. The molecule has 0 spiro atoms. The fourth-order valence-electron chi connectivity index (χ4n) is 2.16. The highest BCUT2D eigenvalue weighted by molar-refractivity contribution is 7.87. The van der Waals surface area contributed by atoms with E-state index in [4.69, 9.17) is 19.3 Å². The average Bonchev–Trinajstić information content (AvgIpc) is 2.56. The summed E-state index contributed by atoms with van der Waals surface area (Å²) in [7, 11) is -5.11. The average molecular weight is 384 g/mol. The molecule has 0 amide bonds. The molecule has 0 aromatic carbocycles. The van der Waals surface area contributed by atoms with Crippen molar-refractivity contribution >= 4 is 10.1 Å². The second kappa shape index (κ2) is 9.05. The van der Waals surface area contributed by atoms with E-state index >= 15 is 0 Å². The molecule has 0 aliphatic carbocycles. The van der Waals surface area contributed by atoms with Crippen LogP contribution in [0.5, 0.6) is 0 Å². The van der Waals surface area contributed by atoms with Crippen LogP contribution < -0.4 is 0 Å². The highest BCUT2D eigenvalue weighted by Gasteiger charge is 2.62. The Morgan fingerprint density at radius 3 is 2.20 bits per heavy atom. The van der Waals surface area contributed by atoms with Crippen LogP contribution in [-0.4, -0.2) is 82.2 Å². The van der Waals surface area contributed by atoms with Crippen LogP contribution in [-0.2, 0) is 24.3 Å². The minimum atomic E-state index is -5.11. The van der Waals surface area contributed by atoms with E-state index in [1.165, 1.54) is 13.8 Å². The molecule has 2 aliphatic rings. The number of aliphatic hydroxyl groups excluding tert-OH is 4. The van der Waals surface area contributed by atoms with Crippen molar-refractivity contribution in [1.29, 1.82) is 0 Å². The summed E-state index contributed by atoms with van der Waals surface area (Å²) in [5.74, 6) is 0. The molecule has 25 heavy (non-hydrogen) atoms. The summed E-state index contributed by atoms with van der Waals surface area (Å²) in [6, 6.07) is 0. The minimum Gasteiger partial charge on any atom is -0.497 e. The highest BCUT2D eigenvalue weighted by atomic mass is 32.2. The van der Waals surface area contributed by atoms with Gasteiger partial charge in [-0.05, 0) is 26.0 Å². The third-order valence-electron chi connectivity index (χ3n) is 3.29. The van der Waals surface area contributed by atoms with Gasteiger partial charge in [0.25, 0.3) is 0 Å². The number of hydrogen-bond acceptors (Lipinski definition) is 9. The summed E-state index contributed by atoms with van der Waals surface area (Å²) in [6.07, 6.45) is -0.829. The van der Waals surface area contributed by atoms with Crippen LogP contribution in [0.15, 0.2) is 24.5 Å². The summed E-state index contributed by atoms with van der Waals surface area (Å²) in [4.78, 5) is 0. The van der Waals surface area contributed by atoms with Crippen molar-refractivity contribution in [3.8, 4) is 0 Å². The molecule has 0 bridgehead atoms. The van der Waals surface area contributed by atoms with Crippen molar-refractivity contribution in [3.05, 3.63) is 24.5 Å². The fraction of sp³-hybridized carbons (Fsp3) is 0.714. The Hall–Kier alpha value is -1.05. The van der Waals surface area contributed by atoms with Crippen LogP contribution >= 0.6 is 0 Å². The topological polar surface area (TPSA) is 163 Å². The van der Waals surface area contributed by atoms with Gasteiger partial charge >= 0.3 is 15.2 Å². The summed E-state index contributed by atoms with van der Waals surface area (Å²) in [6.45, 7) is 2.71. The SMILES string of the molecule is C1=CCOC=C1.CC(C)O[C@]1(S(=O)(=O)O)O[C@H](CO)[C@H](O)[C@H](O)[C@H]1O. The lowest BCUT2D eigenvalue weighted by atomic mass is 9.99. The molecule has 10 nitrogen and oxygen atoms in total. The van der Waals surface area contributed by atoms with Gasteiger partial charge in [-0.2, -0.15) is 8.42 Å². The first-order chi connectivity index (χ1) is 11.6. The van der Waals surface area contributed by atoms with Gasteiger partial charge in [-0.3, -0.25) is 4.55 Å². The Balaban J connectivity index is 0.000000435. The normalized spacial score (nSPS) is 35.0. The van der Waals surface area contributed by atoms with Crippen LogP contribution in [0.3, 0.4) is 0 Å². The molecular weight excluding hydrogens is 360 g/mol. The zero-order valence-corrected chi connectivity index (χ0v) is 14.6. The van der Waals surface area contributed by atoms with Crippen LogP contribution in [0.25, 0.3) is 0 Å². The van der Waals surface area contributed by atoms with Crippen LogP contribution in [0.4, 0.5) is 0 Å². The van der Waals surface area contributed by atoms with Gasteiger partial charge in [-0.25, -0.2) is 0 Å². The summed E-state index contributed by atoms with van der Waals surface area (Å²) < 4.78 is 46.6. The van der Waals surface area contributed by atoms with Gasteiger partial charge in [0.05, 0.1) is 19.0 Å². The number of ether oxygens (including phenoxy) is 3. The van der Waals surface area contributed by atoms with Gasteiger partial charge < -0.3 is 34.6 Å². The third-order valence-corrected chi connectivity index (χ3v) is 4.44. The molecule has 2 rings (SSSR count). The zero-order chi connectivity index (χ0) is 19.3. The minimum absolute atomic E-state index is 0.733. The molecule has 5 atom stereocenters. The van der Waals surface area contributed by atoms with E-state index in [0.717, 1.165) is 6.61 Å². The summed E-state index contributed by atoms with van der Waals surface area (Å²) in [5, 5.41) is 34.9. The lowest BCUT2D eigenvalue weighted by Gasteiger charge is -2.46. The number of aliphatic hydroxyl groups is 4. The first-order valence-electron chi connectivity index (χ1n) is 7.47. The lowest BCUT2D eigenvalue weighted by molar-refractivity contribution is -0.333. The molecule has 1 saturated heterocycles. The molecule has 146 valence electrons. The summed E-state index contributed by atoms with van der Waals surface area (Å²) >= 11 is 0. The van der Waals surface area contributed by atoms with Gasteiger partial charge in [0.2, 0.25) is 0 Å². The van der Waals surface area contributed by atoms with Crippen molar-refractivity contribution in [1.82, 2.24) is 0 Å². The monoisotopic (exact) mass is 384 g/mol. The standard InChI is InChI=1S/C9H18O9S.C5H6O/c1-4(2)17-9(19(14,15)16)8(13)7(12)6(11)5(3-10)18-9;1-2-4-6-5-3-1/h4-8,10-13H,3H2,1-2H3,(H,14,15,16);1-4H,5H2/t5-,6+,7+,8-,9+;/m1./s1. The zero-order valence-electron chi connectivity index (χ0n) is 13.8. The third kappa shape index (κ3) is 5.21. The maximum Gasteiger partial charge on any atom is 0.330 e. The molecule has 2 heterocycles. The smallest absolute Gasteiger partial charge is 0.330 e. The maximum absolute atomic E-state index is 11.4. The van der Waals surface area contributed by atoms with E-state index in [0.29, 0.717) is 0 Å². The van der Waals surface area contributed by atoms with Crippen molar-refractivity contribution < 1.29 is 47.6 Å². The van der Waals surface area contributed by atoms with Crippen molar-refractivity contribution in [2.45, 2.75) is 49.5 Å². The highest BCUT2D eigenvalue weighted by Crippen LogP contribution is 2.36. The van der Waals surface area contributed by atoms with E-state index in [1.54, 1.807) is 6.26 Å². The lowest BCUT2D eigenvalue weighted by Crippen LogP contribution is -2.69. The Morgan fingerprint density at radius 2 is 1.88 bits per heavy atom. The van der Waals surface area contributed by atoms with Crippen LogP contribution in [0, 0.1) is 0 Å².